The molecule has 0 saturated carbocycles. The number of thioether (sulfide) groups is 1. The molecule has 16 heavy (non-hydrogen) atoms. The van der Waals surface area contributed by atoms with Crippen LogP contribution in [0, 0.1) is 6.92 Å². The lowest BCUT2D eigenvalue weighted by molar-refractivity contribution is 0.553. The molecule has 1 atom stereocenters. The van der Waals surface area contributed by atoms with Gasteiger partial charge in [0.05, 0.1) is 10.7 Å². The van der Waals surface area contributed by atoms with Crippen LogP contribution in [-0.4, -0.2) is 28.1 Å². The van der Waals surface area contributed by atoms with E-state index in [0.29, 0.717) is 0 Å². The number of rotatable bonds is 5. The summed E-state index contributed by atoms with van der Waals surface area (Å²) < 4.78 is 1.98. The van der Waals surface area contributed by atoms with Crippen LogP contribution in [0.25, 0.3) is 0 Å². The molecule has 1 aliphatic heterocycles. The van der Waals surface area contributed by atoms with Gasteiger partial charge in [0.25, 0.3) is 0 Å². The molecule has 3 nitrogen and oxygen atoms in total. The molecule has 1 aliphatic rings. The van der Waals surface area contributed by atoms with Gasteiger partial charge in [0, 0.05) is 13.1 Å². The highest BCUT2D eigenvalue weighted by Gasteiger charge is 2.13. The Bertz CT molecular complexity index is 329. The second kappa shape index (κ2) is 5.73. The van der Waals surface area contributed by atoms with Gasteiger partial charge in [-0.25, -0.2) is 0 Å². The van der Waals surface area contributed by atoms with Crippen LogP contribution >= 0.6 is 11.8 Å². The van der Waals surface area contributed by atoms with Crippen molar-refractivity contribution in [3.8, 4) is 0 Å². The molecule has 0 bridgehead atoms. The minimum absolute atomic E-state index is 0.786. The zero-order valence-electron chi connectivity index (χ0n) is 10.2. The predicted octanol–water partition coefficient (Wildman–Crippen LogP) is 2.35. The molecule has 0 spiro atoms. The molecular formula is C12H21N3S. The van der Waals surface area contributed by atoms with Crippen molar-refractivity contribution < 1.29 is 0 Å². The first-order chi connectivity index (χ1) is 7.75. The maximum absolute atomic E-state index is 4.35. The summed E-state index contributed by atoms with van der Waals surface area (Å²) >= 11 is 1.92. The van der Waals surface area contributed by atoms with Gasteiger partial charge in [-0.3, -0.25) is 4.68 Å². The van der Waals surface area contributed by atoms with Crippen molar-refractivity contribution in [1.82, 2.24) is 15.1 Å². The highest BCUT2D eigenvalue weighted by molar-refractivity contribution is 7.99. The van der Waals surface area contributed by atoms with Crippen LogP contribution in [0.15, 0.2) is 11.1 Å². The molecule has 4 heteroatoms. The van der Waals surface area contributed by atoms with Gasteiger partial charge in [0.1, 0.15) is 0 Å². The highest BCUT2D eigenvalue weighted by atomic mass is 32.2. The van der Waals surface area contributed by atoms with Gasteiger partial charge in [-0.2, -0.15) is 5.10 Å². The van der Waals surface area contributed by atoms with Crippen LogP contribution in [0.4, 0.5) is 0 Å². The van der Waals surface area contributed by atoms with Gasteiger partial charge in [-0.15, -0.1) is 11.8 Å². The number of hydrogen-bond donors (Lipinski definition) is 1. The number of aryl methyl sites for hydroxylation is 2. The van der Waals surface area contributed by atoms with Crippen molar-refractivity contribution in [1.29, 1.82) is 0 Å². The van der Waals surface area contributed by atoms with E-state index in [-0.39, 0.29) is 0 Å². The lowest BCUT2D eigenvalue weighted by Gasteiger charge is -2.08. The molecule has 0 amide bonds. The summed E-state index contributed by atoms with van der Waals surface area (Å²) in [6.07, 6.45) is 5.35. The van der Waals surface area contributed by atoms with Crippen LogP contribution in [0.3, 0.4) is 0 Å². The molecule has 1 unspecified atom stereocenters. The maximum Gasteiger partial charge on any atom is 0.0939 e. The number of nitrogens with zero attached hydrogens (tertiary/aromatic N) is 2. The van der Waals surface area contributed by atoms with Crippen LogP contribution in [-0.2, 0) is 7.05 Å². The third kappa shape index (κ3) is 3.25. The zero-order valence-corrected chi connectivity index (χ0v) is 11.0. The summed E-state index contributed by atoms with van der Waals surface area (Å²) in [5.74, 6) is 1.21. The second-order valence-electron chi connectivity index (χ2n) is 4.53. The molecular weight excluding hydrogens is 218 g/mol. The van der Waals surface area contributed by atoms with Gasteiger partial charge in [-0.1, -0.05) is 0 Å². The molecule has 1 aromatic heterocycles. The fraction of sp³-hybridized carbons (Fsp3) is 0.750. The first-order valence-electron chi connectivity index (χ1n) is 6.12. The first-order valence-corrected chi connectivity index (χ1v) is 7.11. The Balaban J connectivity index is 1.65. The molecule has 2 heterocycles. The maximum atomic E-state index is 4.35. The zero-order chi connectivity index (χ0) is 11.4. The summed E-state index contributed by atoms with van der Waals surface area (Å²) in [7, 11) is 2.02. The molecule has 0 radical (unpaired) electrons. The van der Waals surface area contributed by atoms with Gasteiger partial charge >= 0.3 is 0 Å². The Labute approximate surface area is 102 Å². The Kier molecular flexibility index (Phi) is 4.29. The average molecular weight is 239 g/mol. The van der Waals surface area contributed by atoms with E-state index in [1.54, 1.807) is 0 Å². The summed E-state index contributed by atoms with van der Waals surface area (Å²) in [6.45, 7) is 3.27. The van der Waals surface area contributed by atoms with E-state index in [4.69, 9.17) is 0 Å². The fourth-order valence-electron chi connectivity index (χ4n) is 2.23. The first kappa shape index (κ1) is 12.0. The second-order valence-corrected chi connectivity index (χ2v) is 5.65. The molecule has 1 saturated heterocycles. The van der Waals surface area contributed by atoms with E-state index >= 15 is 0 Å². The van der Waals surface area contributed by atoms with Gasteiger partial charge < -0.3 is 5.32 Å². The minimum Gasteiger partial charge on any atom is -0.314 e. The van der Waals surface area contributed by atoms with Crippen LogP contribution in [0.5, 0.6) is 0 Å². The molecule has 1 fully saturated rings. The molecule has 1 N–H and O–H groups in total. The summed E-state index contributed by atoms with van der Waals surface area (Å²) in [6, 6.07) is 2.95. The normalized spacial score (nSPS) is 20.5. The number of aromatic nitrogens is 2. The smallest absolute Gasteiger partial charge is 0.0939 e. The van der Waals surface area contributed by atoms with Crippen molar-refractivity contribution in [2.75, 3.05) is 12.3 Å². The van der Waals surface area contributed by atoms with E-state index < -0.39 is 0 Å². The Morgan fingerprint density at radius 2 is 2.50 bits per heavy atom. The Morgan fingerprint density at radius 3 is 3.12 bits per heavy atom. The standard InChI is InChI=1S/C12H21N3S/c1-10-9-12(15(2)14-10)16-8-4-6-11-5-3-7-13-11/h9,11,13H,3-8H2,1-2H3. The number of hydrogen-bond acceptors (Lipinski definition) is 3. The topological polar surface area (TPSA) is 29.9 Å². The SMILES string of the molecule is Cc1cc(SCCCC2CCCN2)n(C)n1. The lowest BCUT2D eigenvalue weighted by atomic mass is 10.1. The summed E-state index contributed by atoms with van der Waals surface area (Å²) in [4.78, 5) is 0. The monoisotopic (exact) mass is 239 g/mol. The molecule has 90 valence electrons. The summed E-state index contributed by atoms with van der Waals surface area (Å²) in [5.41, 5.74) is 1.11. The van der Waals surface area contributed by atoms with E-state index in [2.05, 4.69) is 16.5 Å². The quantitative estimate of drug-likeness (QED) is 0.632. The predicted molar refractivity (Wildman–Crippen MR) is 68.9 cm³/mol. The highest BCUT2D eigenvalue weighted by Crippen LogP contribution is 2.20. The lowest BCUT2D eigenvalue weighted by Crippen LogP contribution is -2.20. The van der Waals surface area contributed by atoms with E-state index in [0.717, 1.165) is 11.7 Å². The Morgan fingerprint density at radius 1 is 1.62 bits per heavy atom. The average Bonchev–Trinajstić information content (AvgIpc) is 2.84. The molecule has 1 aromatic rings. The third-order valence-corrected chi connectivity index (χ3v) is 4.24. The summed E-state index contributed by atoms with van der Waals surface area (Å²) in [5, 5.41) is 9.18. The van der Waals surface area contributed by atoms with Gasteiger partial charge in [0.2, 0.25) is 0 Å². The van der Waals surface area contributed by atoms with E-state index in [1.165, 1.54) is 43.0 Å². The Hall–Kier alpha value is -0.480. The van der Waals surface area contributed by atoms with Crippen molar-refractivity contribution in [2.45, 2.75) is 43.7 Å². The number of nitrogens with one attached hydrogen (secondary N) is 1. The molecule has 0 aromatic carbocycles. The fourth-order valence-corrected chi connectivity index (χ4v) is 3.23. The van der Waals surface area contributed by atoms with Gasteiger partial charge in [-0.05, 0) is 51.0 Å². The van der Waals surface area contributed by atoms with Crippen molar-refractivity contribution >= 4 is 11.8 Å². The van der Waals surface area contributed by atoms with Crippen molar-refractivity contribution in [3.63, 3.8) is 0 Å². The van der Waals surface area contributed by atoms with Crippen molar-refractivity contribution in [3.05, 3.63) is 11.8 Å². The third-order valence-electron chi connectivity index (χ3n) is 3.07. The molecule has 2 rings (SSSR count). The largest absolute Gasteiger partial charge is 0.314 e. The van der Waals surface area contributed by atoms with Crippen molar-refractivity contribution in [2.24, 2.45) is 7.05 Å². The van der Waals surface area contributed by atoms with Gasteiger partial charge in [0.15, 0.2) is 0 Å². The van der Waals surface area contributed by atoms with Crippen LogP contribution < -0.4 is 5.32 Å². The van der Waals surface area contributed by atoms with Crippen LogP contribution in [0.2, 0.25) is 0 Å². The molecule has 0 aliphatic carbocycles. The minimum atomic E-state index is 0.786. The van der Waals surface area contributed by atoms with Crippen LogP contribution in [0.1, 0.15) is 31.4 Å². The van der Waals surface area contributed by atoms with E-state index in [9.17, 15) is 0 Å². The van der Waals surface area contributed by atoms with E-state index in [1.807, 2.05) is 30.4 Å².